The fraction of sp³-hybridized carbons (Fsp3) is 0.300. The van der Waals surface area contributed by atoms with E-state index in [0.717, 1.165) is 12.1 Å². The molecule has 0 aliphatic heterocycles. The van der Waals surface area contributed by atoms with Crippen molar-refractivity contribution in [2.75, 3.05) is 7.11 Å². The third-order valence-corrected chi connectivity index (χ3v) is 2.11. The Bertz CT molecular complexity index is 390. The van der Waals surface area contributed by atoms with E-state index in [1.54, 1.807) is 0 Å². The zero-order valence-corrected chi connectivity index (χ0v) is 8.25. The molecule has 0 saturated carbocycles. The van der Waals surface area contributed by atoms with Crippen LogP contribution in [-0.4, -0.2) is 18.2 Å². The number of rotatable bonds is 3. The minimum absolute atomic E-state index is 0.167. The van der Waals surface area contributed by atoms with E-state index in [9.17, 15) is 13.6 Å². The molecule has 1 atom stereocenters. The quantitative estimate of drug-likeness (QED) is 0.842. The van der Waals surface area contributed by atoms with Crippen LogP contribution in [0.15, 0.2) is 12.1 Å². The van der Waals surface area contributed by atoms with Crippen LogP contribution in [-0.2, 0) is 4.79 Å². The molecule has 0 aliphatic carbocycles. The van der Waals surface area contributed by atoms with Gasteiger partial charge in [0, 0.05) is 5.56 Å². The number of carbonyl (C=O) groups is 1. The minimum atomic E-state index is -1.29. The average Bonchev–Trinajstić information content (AvgIpc) is 2.17. The number of carboxylic acids is 1. The number of hydrogen-bond acceptors (Lipinski definition) is 2. The van der Waals surface area contributed by atoms with Gasteiger partial charge in [-0.3, -0.25) is 4.79 Å². The van der Waals surface area contributed by atoms with Crippen molar-refractivity contribution in [3.8, 4) is 5.75 Å². The summed E-state index contributed by atoms with van der Waals surface area (Å²) in [7, 11) is 1.23. The van der Waals surface area contributed by atoms with Crippen LogP contribution >= 0.6 is 0 Å². The first-order chi connectivity index (χ1) is 6.99. The van der Waals surface area contributed by atoms with Gasteiger partial charge in [0.25, 0.3) is 0 Å². The second-order valence-electron chi connectivity index (χ2n) is 3.04. The summed E-state index contributed by atoms with van der Waals surface area (Å²) in [6.45, 7) is 1.21. The number of ether oxygens (including phenoxy) is 1. The molecule has 0 bridgehead atoms. The maximum Gasteiger partial charge on any atom is 0.310 e. The summed E-state index contributed by atoms with van der Waals surface area (Å²) in [5.74, 6) is -4.56. The predicted octanol–water partition coefficient (Wildman–Crippen LogP) is 2.16. The van der Waals surface area contributed by atoms with E-state index in [0.29, 0.717) is 0 Å². The normalized spacial score (nSPS) is 12.3. The topological polar surface area (TPSA) is 46.5 Å². The van der Waals surface area contributed by atoms with E-state index < -0.39 is 29.1 Å². The third kappa shape index (κ3) is 2.06. The number of methoxy groups -OCH3 is 1. The van der Waals surface area contributed by atoms with Crippen LogP contribution in [0.1, 0.15) is 18.4 Å². The van der Waals surface area contributed by atoms with Crippen LogP contribution in [0.3, 0.4) is 0 Å². The smallest absolute Gasteiger partial charge is 0.310 e. The molecule has 0 fully saturated rings. The SMILES string of the molecule is COc1ccc(F)c(C(C)C(=O)O)c1F. The lowest BCUT2D eigenvalue weighted by Crippen LogP contribution is -2.12. The molecular weight excluding hydrogens is 206 g/mol. The molecule has 1 N–H and O–H groups in total. The lowest BCUT2D eigenvalue weighted by Gasteiger charge is -2.11. The van der Waals surface area contributed by atoms with E-state index in [4.69, 9.17) is 5.11 Å². The van der Waals surface area contributed by atoms with E-state index in [1.807, 2.05) is 0 Å². The summed E-state index contributed by atoms with van der Waals surface area (Å²) in [5, 5.41) is 8.67. The van der Waals surface area contributed by atoms with Gasteiger partial charge in [0.05, 0.1) is 13.0 Å². The van der Waals surface area contributed by atoms with Crippen molar-refractivity contribution in [3.63, 3.8) is 0 Å². The summed E-state index contributed by atoms with van der Waals surface area (Å²) >= 11 is 0. The Hall–Kier alpha value is -1.65. The summed E-state index contributed by atoms with van der Waals surface area (Å²) in [6.07, 6.45) is 0. The van der Waals surface area contributed by atoms with Gasteiger partial charge in [-0.25, -0.2) is 8.78 Å². The minimum Gasteiger partial charge on any atom is -0.494 e. The molecule has 0 amide bonds. The molecule has 1 aromatic carbocycles. The van der Waals surface area contributed by atoms with Crippen LogP contribution in [0.5, 0.6) is 5.75 Å². The Morgan fingerprint density at radius 1 is 1.47 bits per heavy atom. The summed E-state index contributed by atoms with van der Waals surface area (Å²) in [6, 6.07) is 2.10. The highest BCUT2D eigenvalue weighted by molar-refractivity contribution is 5.75. The highest BCUT2D eigenvalue weighted by Gasteiger charge is 2.24. The first-order valence-electron chi connectivity index (χ1n) is 4.23. The standard InChI is InChI=1S/C10H10F2O3/c1-5(10(13)14)8-6(11)3-4-7(15-2)9(8)12/h3-5H,1-2H3,(H,13,14). The zero-order valence-electron chi connectivity index (χ0n) is 8.25. The Kier molecular flexibility index (Phi) is 3.24. The van der Waals surface area contributed by atoms with Crippen molar-refractivity contribution in [2.45, 2.75) is 12.8 Å². The van der Waals surface area contributed by atoms with Gasteiger partial charge in [-0.15, -0.1) is 0 Å². The van der Waals surface area contributed by atoms with Gasteiger partial charge in [-0.1, -0.05) is 0 Å². The van der Waals surface area contributed by atoms with Crippen molar-refractivity contribution in [2.24, 2.45) is 0 Å². The van der Waals surface area contributed by atoms with Gasteiger partial charge in [0.15, 0.2) is 11.6 Å². The number of aliphatic carboxylic acids is 1. The average molecular weight is 216 g/mol. The van der Waals surface area contributed by atoms with Crippen LogP contribution in [0.25, 0.3) is 0 Å². The van der Waals surface area contributed by atoms with Crippen molar-refractivity contribution in [1.82, 2.24) is 0 Å². The molecule has 5 heteroatoms. The summed E-state index contributed by atoms with van der Waals surface area (Å²) in [4.78, 5) is 10.6. The van der Waals surface area contributed by atoms with Gasteiger partial charge in [-0.2, -0.15) is 0 Å². The molecule has 0 heterocycles. The molecule has 15 heavy (non-hydrogen) atoms. The van der Waals surface area contributed by atoms with Gasteiger partial charge >= 0.3 is 5.97 Å². The monoisotopic (exact) mass is 216 g/mol. The van der Waals surface area contributed by atoms with Gasteiger partial charge in [-0.05, 0) is 19.1 Å². The number of hydrogen-bond donors (Lipinski definition) is 1. The number of halogens is 2. The molecule has 1 rings (SSSR count). The first kappa shape index (κ1) is 11.4. The molecule has 0 radical (unpaired) electrons. The third-order valence-electron chi connectivity index (χ3n) is 2.11. The number of benzene rings is 1. The molecule has 82 valence electrons. The molecular formula is C10H10F2O3. The largest absolute Gasteiger partial charge is 0.494 e. The van der Waals surface area contributed by atoms with Crippen molar-refractivity contribution in [1.29, 1.82) is 0 Å². The highest BCUT2D eigenvalue weighted by Crippen LogP contribution is 2.28. The Morgan fingerprint density at radius 2 is 2.07 bits per heavy atom. The van der Waals surface area contributed by atoms with Crippen LogP contribution < -0.4 is 4.74 Å². The maximum atomic E-state index is 13.5. The lowest BCUT2D eigenvalue weighted by atomic mass is 10.00. The van der Waals surface area contributed by atoms with Crippen molar-refractivity contribution >= 4 is 5.97 Å². The predicted molar refractivity (Wildman–Crippen MR) is 49.0 cm³/mol. The summed E-state index contributed by atoms with van der Waals surface area (Å²) < 4.78 is 31.4. The van der Waals surface area contributed by atoms with E-state index in [2.05, 4.69) is 4.74 Å². The molecule has 0 spiro atoms. The van der Waals surface area contributed by atoms with E-state index >= 15 is 0 Å². The fourth-order valence-electron chi connectivity index (χ4n) is 1.23. The van der Waals surface area contributed by atoms with Crippen molar-refractivity contribution in [3.05, 3.63) is 29.3 Å². The van der Waals surface area contributed by atoms with E-state index in [-0.39, 0.29) is 5.75 Å². The van der Waals surface area contributed by atoms with Crippen LogP contribution in [0, 0.1) is 11.6 Å². The Labute approximate surface area is 85.3 Å². The van der Waals surface area contributed by atoms with Gasteiger partial charge < -0.3 is 9.84 Å². The molecule has 3 nitrogen and oxygen atoms in total. The molecule has 1 aromatic rings. The second kappa shape index (κ2) is 4.25. The maximum absolute atomic E-state index is 13.5. The Morgan fingerprint density at radius 3 is 2.53 bits per heavy atom. The highest BCUT2D eigenvalue weighted by atomic mass is 19.1. The lowest BCUT2D eigenvalue weighted by molar-refractivity contribution is -0.138. The van der Waals surface area contributed by atoms with Gasteiger partial charge in [0.2, 0.25) is 0 Å². The van der Waals surface area contributed by atoms with Crippen LogP contribution in [0.2, 0.25) is 0 Å². The van der Waals surface area contributed by atoms with Crippen LogP contribution in [0.4, 0.5) is 8.78 Å². The first-order valence-corrected chi connectivity index (χ1v) is 4.23. The second-order valence-corrected chi connectivity index (χ2v) is 3.04. The molecule has 0 aromatic heterocycles. The van der Waals surface area contributed by atoms with Gasteiger partial charge in [0.1, 0.15) is 5.82 Å². The van der Waals surface area contributed by atoms with Crippen molar-refractivity contribution < 1.29 is 23.4 Å². The number of carboxylic acid groups (broad SMARTS) is 1. The molecule has 0 aliphatic rings. The Balaban J connectivity index is 3.32. The van der Waals surface area contributed by atoms with E-state index in [1.165, 1.54) is 14.0 Å². The molecule has 0 saturated heterocycles. The molecule has 1 unspecified atom stereocenters. The zero-order chi connectivity index (χ0) is 11.6. The fourth-order valence-corrected chi connectivity index (χ4v) is 1.23. The summed E-state index contributed by atoms with van der Waals surface area (Å²) in [5.41, 5.74) is -0.484.